The van der Waals surface area contributed by atoms with E-state index in [9.17, 15) is 9.59 Å². The quantitative estimate of drug-likeness (QED) is 0.566. The van der Waals surface area contributed by atoms with Crippen LogP contribution in [0.2, 0.25) is 0 Å². The van der Waals surface area contributed by atoms with Crippen LogP contribution in [0.1, 0.15) is 45.4 Å². The molecule has 2 atom stereocenters. The minimum Gasteiger partial charge on any atom is -0.326 e. The van der Waals surface area contributed by atoms with Crippen molar-refractivity contribution in [1.29, 1.82) is 0 Å². The number of piperidine rings is 2. The molecule has 0 aliphatic carbocycles. The van der Waals surface area contributed by atoms with Crippen molar-refractivity contribution in [2.75, 3.05) is 19.6 Å². The molecule has 2 rings (SSSR count). The highest BCUT2D eigenvalue weighted by atomic mass is 16.2. The zero-order valence-corrected chi connectivity index (χ0v) is 11.3. The third kappa shape index (κ3) is 2.91. The van der Waals surface area contributed by atoms with E-state index in [1.54, 1.807) is 6.92 Å². The van der Waals surface area contributed by atoms with Gasteiger partial charge < -0.3 is 9.69 Å². The standard InChI is InChI=1S/C14H24N2O2/c1-12(11-17)14(18)16-10-6-3-7-13(16)15-8-4-2-5-9-15/h11-13H,2-10H2,1H3. The number of carbonyl (C=O) groups excluding carboxylic acids is 2. The second kappa shape index (κ2) is 6.32. The second-order valence-electron chi connectivity index (χ2n) is 5.53. The van der Waals surface area contributed by atoms with Crippen LogP contribution in [0.5, 0.6) is 0 Å². The minimum absolute atomic E-state index is 0.0141. The lowest BCUT2D eigenvalue weighted by molar-refractivity contribution is -0.146. The lowest BCUT2D eigenvalue weighted by atomic mass is 10.0. The molecular weight excluding hydrogens is 228 g/mol. The molecule has 0 spiro atoms. The number of nitrogens with zero attached hydrogens (tertiary/aromatic N) is 2. The second-order valence-corrected chi connectivity index (χ2v) is 5.53. The highest BCUT2D eigenvalue weighted by molar-refractivity contribution is 5.91. The zero-order valence-electron chi connectivity index (χ0n) is 11.3. The number of hydrogen-bond acceptors (Lipinski definition) is 3. The summed E-state index contributed by atoms with van der Waals surface area (Å²) < 4.78 is 0. The van der Waals surface area contributed by atoms with Crippen molar-refractivity contribution in [2.24, 2.45) is 5.92 Å². The summed E-state index contributed by atoms with van der Waals surface area (Å²) in [4.78, 5) is 27.5. The van der Waals surface area contributed by atoms with E-state index in [2.05, 4.69) is 4.90 Å². The fourth-order valence-electron chi connectivity index (χ4n) is 3.09. The van der Waals surface area contributed by atoms with Crippen LogP contribution in [0.3, 0.4) is 0 Å². The third-order valence-electron chi connectivity index (χ3n) is 4.16. The van der Waals surface area contributed by atoms with Crippen LogP contribution in [0.25, 0.3) is 0 Å². The normalized spacial score (nSPS) is 27.8. The number of carbonyl (C=O) groups is 2. The Kier molecular flexibility index (Phi) is 4.75. The molecule has 2 fully saturated rings. The summed E-state index contributed by atoms with van der Waals surface area (Å²) in [5.41, 5.74) is 0. The van der Waals surface area contributed by atoms with E-state index in [-0.39, 0.29) is 12.1 Å². The van der Waals surface area contributed by atoms with Crippen molar-refractivity contribution in [3.8, 4) is 0 Å². The topological polar surface area (TPSA) is 40.6 Å². The largest absolute Gasteiger partial charge is 0.326 e. The van der Waals surface area contributed by atoms with Crippen molar-refractivity contribution in [3.05, 3.63) is 0 Å². The van der Waals surface area contributed by atoms with Gasteiger partial charge in [-0.1, -0.05) is 6.42 Å². The molecule has 4 heteroatoms. The number of amides is 1. The van der Waals surface area contributed by atoms with Gasteiger partial charge in [0.15, 0.2) is 0 Å². The first-order chi connectivity index (χ1) is 8.74. The Hall–Kier alpha value is -0.900. The molecule has 0 radical (unpaired) electrons. The van der Waals surface area contributed by atoms with E-state index in [1.165, 1.54) is 25.7 Å². The highest BCUT2D eigenvalue weighted by Gasteiger charge is 2.33. The summed E-state index contributed by atoms with van der Waals surface area (Å²) in [6.45, 7) is 4.73. The first kappa shape index (κ1) is 13.5. The number of likely N-dealkylation sites (tertiary alicyclic amines) is 2. The molecule has 0 bridgehead atoms. The zero-order chi connectivity index (χ0) is 13.0. The van der Waals surface area contributed by atoms with Crippen LogP contribution < -0.4 is 0 Å². The van der Waals surface area contributed by atoms with Gasteiger partial charge in [-0.2, -0.15) is 0 Å². The van der Waals surface area contributed by atoms with Crippen LogP contribution in [-0.2, 0) is 9.59 Å². The van der Waals surface area contributed by atoms with Gasteiger partial charge in [-0.3, -0.25) is 9.69 Å². The molecule has 2 saturated heterocycles. The molecule has 2 aliphatic heterocycles. The first-order valence-electron chi connectivity index (χ1n) is 7.24. The van der Waals surface area contributed by atoms with Crippen molar-refractivity contribution >= 4 is 12.2 Å². The fraction of sp³-hybridized carbons (Fsp3) is 0.857. The summed E-state index contributed by atoms with van der Waals surface area (Å²) in [5.74, 6) is -0.476. The fourth-order valence-corrected chi connectivity index (χ4v) is 3.09. The molecule has 0 saturated carbocycles. The van der Waals surface area contributed by atoms with Gasteiger partial charge in [0, 0.05) is 19.6 Å². The van der Waals surface area contributed by atoms with Crippen LogP contribution in [0, 0.1) is 5.92 Å². The van der Waals surface area contributed by atoms with Crippen molar-refractivity contribution in [3.63, 3.8) is 0 Å². The molecular formula is C14H24N2O2. The Morgan fingerprint density at radius 3 is 2.44 bits per heavy atom. The summed E-state index contributed by atoms with van der Waals surface area (Å²) in [6, 6.07) is 0. The monoisotopic (exact) mass is 252 g/mol. The van der Waals surface area contributed by atoms with E-state index in [4.69, 9.17) is 0 Å². The predicted octanol–water partition coefficient (Wildman–Crippen LogP) is 1.65. The molecule has 0 N–H and O–H groups in total. The summed E-state index contributed by atoms with van der Waals surface area (Å²) in [6.07, 6.45) is 8.13. The van der Waals surface area contributed by atoms with Gasteiger partial charge in [-0.25, -0.2) is 0 Å². The number of aldehydes is 1. The van der Waals surface area contributed by atoms with Crippen LogP contribution in [-0.4, -0.2) is 47.8 Å². The summed E-state index contributed by atoms with van der Waals surface area (Å²) >= 11 is 0. The highest BCUT2D eigenvalue weighted by Crippen LogP contribution is 2.24. The third-order valence-corrected chi connectivity index (χ3v) is 4.16. The van der Waals surface area contributed by atoms with Crippen LogP contribution in [0.4, 0.5) is 0 Å². The maximum Gasteiger partial charge on any atom is 0.233 e. The molecule has 4 nitrogen and oxygen atoms in total. The van der Waals surface area contributed by atoms with Gasteiger partial charge in [-0.05, 0) is 39.0 Å². The van der Waals surface area contributed by atoms with Gasteiger partial charge in [0.05, 0.1) is 12.1 Å². The van der Waals surface area contributed by atoms with E-state index in [0.717, 1.165) is 38.8 Å². The molecule has 2 unspecified atom stereocenters. The lowest BCUT2D eigenvalue weighted by Gasteiger charge is -2.44. The van der Waals surface area contributed by atoms with Gasteiger partial charge in [0.2, 0.25) is 5.91 Å². The molecule has 0 aromatic carbocycles. The lowest BCUT2D eigenvalue weighted by Crippen LogP contribution is -2.55. The molecule has 0 aromatic rings. The van der Waals surface area contributed by atoms with Crippen LogP contribution in [0.15, 0.2) is 0 Å². The van der Waals surface area contributed by atoms with Crippen molar-refractivity contribution in [2.45, 2.75) is 51.6 Å². The van der Waals surface area contributed by atoms with Crippen LogP contribution >= 0.6 is 0 Å². The molecule has 0 aromatic heterocycles. The van der Waals surface area contributed by atoms with Gasteiger partial charge in [-0.15, -0.1) is 0 Å². The first-order valence-corrected chi connectivity index (χ1v) is 7.24. The Labute approximate surface area is 109 Å². The molecule has 1 amide bonds. The summed E-state index contributed by atoms with van der Waals surface area (Å²) in [7, 11) is 0. The minimum atomic E-state index is -0.490. The average molecular weight is 252 g/mol. The average Bonchev–Trinajstić information content (AvgIpc) is 2.46. The Morgan fingerprint density at radius 1 is 1.11 bits per heavy atom. The van der Waals surface area contributed by atoms with Gasteiger partial charge >= 0.3 is 0 Å². The SMILES string of the molecule is CC(C=O)C(=O)N1CCCCC1N1CCCCC1. The predicted molar refractivity (Wildman–Crippen MR) is 70.0 cm³/mol. The van der Waals surface area contributed by atoms with E-state index in [1.807, 2.05) is 4.90 Å². The van der Waals surface area contributed by atoms with E-state index < -0.39 is 5.92 Å². The maximum atomic E-state index is 12.3. The van der Waals surface area contributed by atoms with E-state index >= 15 is 0 Å². The van der Waals surface area contributed by atoms with Crippen molar-refractivity contribution in [1.82, 2.24) is 9.80 Å². The smallest absolute Gasteiger partial charge is 0.233 e. The number of rotatable bonds is 3. The Morgan fingerprint density at radius 2 is 1.78 bits per heavy atom. The Balaban J connectivity index is 2.04. The summed E-state index contributed by atoms with van der Waals surface area (Å²) in [5, 5.41) is 0. The molecule has 2 aliphatic rings. The molecule has 18 heavy (non-hydrogen) atoms. The van der Waals surface area contributed by atoms with Gasteiger partial charge in [0.1, 0.15) is 6.29 Å². The van der Waals surface area contributed by atoms with Gasteiger partial charge in [0.25, 0.3) is 0 Å². The van der Waals surface area contributed by atoms with Crippen molar-refractivity contribution < 1.29 is 9.59 Å². The molecule has 2 heterocycles. The van der Waals surface area contributed by atoms with E-state index in [0.29, 0.717) is 0 Å². The molecule has 102 valence electrons. The maximum absolute atomic E-state index is 12.3. The Bertz CT molecular complexity index is 300. The number of hydrogen-bond donors (Lipinski definition) is 0.